The lowest BCUT2D eigenvalue weighted by Gasteiger charge is -2.24. The Morgan fingerprint density at radius 3 is 2.75 bits per heavy atom. The monoisotopic (exact) mass is 341 g/mol. The zero-order valence-electron chi connectivity index (χ0n) is 13.6. The van der Waals surface area contributed by atoms with Crippen molar-refractivity contribution >= 4 is 26.7 Å². The van der Waals surface area contributed by atoms with Crippen LogP contribution >= 0.6 is 11.3 Å². The van der Waals surface area contributed by atoms with Gasteiger partial charge < -0.3 is 5.73 Å². The lowest BCUT2D eigenvalue weighted by atomic mass is 9.99. The number of aromatic nitrogens is 1. The average Bonchev–Trinajstić information content (AvgIpc) is 3.23. The van der Waals surface area contributed by atoms with E-state index < -0.39 is 0 Å². The molecule has 1 aliphatic heterocycles. The van der Waals surface area contributed by atoms with Gasteiger partial charge in [0.2, 0.25) is 0 Å². The van der Waals surface area contributed by atoms with Gasteiger partial charge >= 0.3 is 0 Å². The summed E-state index contributed by atoms with van der Waals surface area (Å²) in [6.07, 6.45) is 2.55. The fourth-order valence-corrected chi connectivity index (χ4v) is 4.28. The number of anilines is 1. The van der Waals surface area contributed by atoms with E-state index in [1.807, 2.05) is 12.1 Å². The number of nitrogens with two attached hydrogens (primary N) is 1. The summed E-state index contributed by atoms with van der Waals surface area (Å²) in [5.41, 5.74) is 9.27. The molecule has 3 nitrogen and oxygen atoms in total. The molecule has 1 saturated heterocycles. The van der Waals surface area contributed by atoms with Crippen LogP contribution < -0.4 is 5.73 Å². The maximum atomic E-state index is 14.3. The van der Waals surface area contributed by atoms with E-state index in [9.17, 15) is 4.39 Å². The third kappa shape index (κ3) is 2.78. The maximum Gasteiger partial charge on any atom is 0.181 e. The molecule has 3 aromatic rings. The number of fused-ring (bicyclic) bond motifs is 1. The highest BCUT2D eigenvalue weighted by Gasteiger charge is 2.19. The van der Waals surface area contributed by atoms with Crippen molar-refractivity contribution in [3.8, 4) is 11.1 Å². The van der Waals surface area contributed by atoms with E-state index in [2.05, 4.69) is 35.0 Å². The molecular formula is C19H20FN3S. The van der Waals surface area contributed by atoms with Gasteiger partial charge in [0.1, 0.15) is 5.52 Å². The van der Waals surface area contributed by atoms with E-state index in [0.29, 0.717) is 16.7 Å². The molecule has 0 spiro atoms. The van der Waals surface area contributed by atoms with Crippen LogP contribution in [-0.4, -0.2) is 23.0 Å². The second kappa shape index (κ2) is 6.15. The first-order valence-corrected chi connectivity index (χ1v) is 9.13. The topological polar surface area (TPSA) is 42.1 Å². The van der Waals surface area contributed by atoms with Gasteiger partial charge in [0.05, 0.1) is 4.70 Å². The molecule has 0 aliphatic carbocycles. The molecule has 0 bridgehead atoms. The minimum absolute atomic E-state index is 0.312. The summed E-state index contributed by atoms with van der Waals surface area (Å²) in [5, 5.41) is 0.400. The molecule has 1 unspecified atom stereocenters. The number of halogens is 1. The van der Waals surface area contributed by atoms with Crippen LogP contribution in [-0.2, 0) is 0 Å². The molecule has 0 amide bonds. The first-order valence-electron chi connectivity index (χ1n) is 8.32. The average molecular weight is 341 g/mol. The second-order valence-corrected chi connectivity index (χ2v) is 7.46. The van der Waals surface area contributed by atoms with Gasteiger partial charge in [0.25, 0.3) is 0 Å². The molecule has 5 heteroatoms. The van der Waals surface area contributed by atoms with Crippen molar-refractivity contribution in [2.24, 2.45) is 0 Å². The Kier molecular flexibility index (Phi) is 3.98. The summed E-state index contributed by atoms with van der Waals surface area (Å²) in [6, 6.07) is 12.3. The van der Waals surface area contributed by atoms with Gasteiger partial charge in [-0.3, -0.25) is 4.90 Å². The van der Waals surface area contributed by atoms with Gasteiger partial charge in [-0.1, -0.05) is 29.5 Å². The lowest BCUT2D eigenvalue weighted by Crippen LogP contribution is -2.23. The molecule has 4 rings (SSSR count). The number of benzene rings is 2. The SMILES string of the molecule is CC(c1cccc(-c2cc(F)c3nc(N)sc3c2)c1)N1CCCC1. The van der Waals surface area contributed by atoms with E-state index in [1.54, 1.807) is 6.07 Å². The molecular weight excluding hydrogens is 321 g/mol. The fourth-order valence-electron chi connectivity index (χ4n) is 3.49. The predicted molar refractivity (Wildman–Crippen MR) is 98.6 cm³/mol. The minimum atomic E-state index is -0.312. The van der Waals surface area contributed by atoms with Gasteiger partial charge in [-0.15, -0.1) is 0 Å². The smallest absolute Gasteiger partial charge is 0.181 e. The first-order chi connectivity index (χ1) is 11.6. The molecule has 2 N–H and O–H groups in total. The van der Waals surface area contributed by atoms with Crippen LogP contribution in [0.5, 0.6) is 0 Å². The van der Waals surface area contributed by atoms with E-state index in [1.165, 1.54) is 29.7 Å². The molecule has 0 radical (unpaired) electrons. The summed E-state index contributed by atoms with van der Waals surface area (Å²) in [7, 11) is 0. The Morgan fingerprint density at radius 2 is 1.96 bits per heavy atom. The molecule has 1 fully saturated rings. The largest absolute Gasteiger partial charge is 0.375 e. The Hall–Kier alpha value is -1.98. The van der Waals surface area contributed by atoms with Crippen molar-refractivity contribution in [3.63, 3.8) is 0 Å². The summed E-state index contributed by atoms with van der Waals surface area (Å²) >= 11 is 1.32. The van der Waals surface area contributed by atoms with Crippen LogP contribution in [0.25, 0.3) is 21.3 Å². The fraction of sp³-hybridized carbons (Fsp3) is 0.316. The number of nitrogens with zero attached hydrogens (tertiary/aromatic N) is 2. The van der Waals surface area contributed by atoms with Crippen LogP contribution in [0.15, 0.2) is 36.4 Å². The second-order valence-electron chi connectivity index (χ2n) is 6.40. The van der Waals surface area contributed by atoms with Crippen LogP contribution in [0.4, 0.5) is 9.52 Å². The van der Waals surface area contributed by atoms with Crippen LogP contribution in [0, 0.1) is 5.82 Å². The number of likely N-dealkylation sites (tertiary alicyclic amines) is 1. The van der Waals surface area contributed by atoms with Gasteiger partial charge in [-0.05, 0) is 67.7 Å². The van der Waals surface area contributed by atoms with Crippen molar-refractivity contribution in [2.75, 3.05) is 18.8 Å². The quantitative estimate of drug-likeness (QED) is 0.741. The molecule has 1 aliphatic rings. The summed E-state index contributed by atoms with van der Waals surface area (Å²) in [4.78, 5) is 6.57. The molecule has 0 saturated carbocycles. The molecule has 1 atom stereocenters. The van der Waals surface area contributed by atoms with Crippen molar-refractivity contribution in [3.05, 3.63) is 47.8 Å². The molecule has 2 aromatic carbocycles. The first kappa shape index (κ1) is 15.5. The van der Waals surface area contributed by atoms with Crippen LogP contribution in [0.1, 0.15) is 31.4 Å². The molecule has 1 aromatic heterocycles. The Balaban J connectivity index is 1.72. The van der Waals surface area contributed by atoms with Crippen molar-refractivity contribution < 1.29 is 4.39 Å². The number of thiazole rings is 1. The summed E-state index contributed by atoms with van der Waals surface area (Å²) in [6.45, 7) is 4.57. The number of nitrogen functional groups attached to an aromatic ring is 1. The third-order valence-corrected chi connectivity index (χ3v) is 5.69. The van der Waals surface area contributed by atoms with E-state index in [4.69, 9.17) is 5.73 Å². The van der Waals surface area contributed by atoms with Crippen molar-refractivity contribution in [1.29, 1.82) is 0 Å². The number of rotatable bonds is 3. The maximum absolute atomic E-state index is 14.3. The summed E-state index contributed by atoms with van der Waals surface area (Å²) in [5.74, 6) is -0.312. The zero-order valence-corrected chi connectivity index (χ0v) is 14.4. The minimum Gasteiger partial charge on any atom is -0.375 e. The molecule has 24 heavy (non-hydrogen) atoms. The van der Waals surface area contributed by atoms with Crippen LogP contribution in [0.3, 0.4) is 0 Å². The van der Waals surface area contributed by atoms with Crippen molar-refractivity contribution in [1.82, 2.24) is 9.88 Å². The Morgan fingerprint density at radius 1 is 1.17 bits per heavy atom. The van der Waals surface area contributed by atoms with E-state index in [0.717, 1.165) is 28.9 Å². The Labute approximate surface area is 144 Å². The van der Waals surface area contributed by atoms with Gasteiger partial charge in [-0.2, -0.15) is 0 Å². The molecule has 2 heterocycles. The lowest BCUT2D eigenvalue weighted by molar-refractivity contribution is 0.263. The predicted octanol–water partition coefficient (Wildman–Crippen LogP) is 4.84. The van der Waals surface area contributed by atoms with E-state index >= 15 is 0 Å². The Bertz CT molecular complexity index is 883. The zero-order chi connectivity index (χ0) is 16.7. The highest BCUT2D eigenvalue weighted by molar-refractivity contribution is 7.22. The number of hydrogen-bond donors (Lipinski definition) is 1. The molecule has 124 valence electrons. The van der Waals surface area contributed by atoms with Crippen molar-refractivity contribution in [2.45, 2.75) is 25.8 Å². The highest BCUT2D eigenvalue weighted by Crippen LogP contribution is 2.33. The van der Waals surface area contributed by atoms with Crippen LogP contribution in [0.2, 0.25) is 0 Å². The summed E-state index contributed by atoms with van der Waals surface area (Å²) < 4.78 is 15.1. The number of hydrogen-bond acceptors (Lipinski definition) is 4. The normalized spacial score (nSPS) is 16.8. The highest BCUT2D eigenvalue weighted by atomic mass is 32.1. The van der Waals surface area contributed by atoms with Gasteiger partial charge in [-0.25, -0.2) is 9.37 Å². The van der Waals surface area contributed by atoms with E-state index in [-0.39, 0.29) is 5.82 Å². The van der Waals surface area contributed by atoms with Gasteiger partial charge in [0.15, 0.2) is 10.9 Å². The standard InChI is InChI=1S/C19H20FN3S/c1-12(23-7-2-3-8-23)13-5-4-6-14(9-13)15-10-16(20)18-17(11-15)24-19(21)22-18/h4-6,9-12H,2-3,7-8H2,1H3,(H2,21,22). The third-order valence-electron chi connectivity index (χ3n) is 4.86. The van der Waals surface area contributed by atoms with Gasteiger partial charge in [0, 0.05) is 6.04 Å².